The van der Waals surface area contributed by atoms with Crippen molar-refractivity contribution in [2.24, 2.45) is 0 Å². The molecule has 0 fully saturated rings. The Balaban J connectivity index is 0.00000161. The molecule has 0 atom stereocenters. The molecule has 21 heavy (non-hydrogen) atoms. The van der Waals surface area contributed by atoms with Gasteiger partial charge in [0.2, 0.25) is 0 Å². The Hall–Kier alpha value is -2.05. The Bertz CT molecular complexity index is 582. The molecule has 3 aromatic carbocycles. The molecule has 0 saturated carbocycles. The molecule has 0 amide bonds. The molecule has 0 spiro atoms. The molecular formula is C20H19Cl. The molecule has 0 unspecified atom stereocenters. The van der Waals surface area contributed by atoms with E-state index < -0.39 is 0 Å². The van der Waals surface area contributed by atoms with Crippen LogP contribution in [0.25, 0.3) is 0 Å². The highest BCUT2D eigenvalue weighted by Gasteiger charge is 1.98. The SMILES string of the molecule is Cl.c1ccc(Cc2ccc(Cc3ccccc3)cc2)cc1. The van der Waals surface area contributed by atoms with E-state index in [0.717, 1.165) is 12.8 Å². The van der Waals surface area contributed by atoms with Crippen molar-refractivity contribution in [2.75, 3.05) is 0 Å². The van der Waals surface area contributed by atoms with E-state index in [1.165, 1.54) is 22.3 Å². The number of rotatable bonds is 4. The van der Waals surface area contributed by atoms with Gasteiger partial charge in [0.15, 0.2) is 0 Å². The molecular weight excluding hydrogens is 276 g/mol. The van der Waals surface area contributed by atoms with Gasteiger partial charge in [0.05, 0.1) is 0 Å². The van der Waals surface area contributed by atoms with Crippen LogP contribution in [0.1, 0.15) is 22.3 Å². The first-order valence-electron chi connectivity index (χ1n) is 7.06. The minimum Gasteiger partial charge on any atom is -0.147 e. The van der Waals surface area contributed by atoms with Crippen LogP contribution in [0.3, 0.4) is 0 Å². The topological polar surface area (TPSA) is 0 Å². The highest BCUT2D eigenvalue weighted by atomic mass is 35.5. The van der Waals surface area contributed by atoms with Gasteiger partial charge in [-0.3, -0.25) is 0 Å². The standard InChI is InChI=1S/C20H18.ClH/c1-3-7-17(8-4-1)15-19-11-13-20(14-12-19)16-18-9-5-2-6-10-18;/h1-14H,15-16H2;1H. The third-order valence-electron chi connectivity index (χ3n) is 3.53. The van der Waals surface area contributed by atoms with E-state index in [4.69, 9.17) is 0 Å². The van der Waals surface area contributed by atoms with Crippen molar-refractivity contribution in [3.63, 3.8) is 0 Å². The Morgan fingerprint density at radius 2 is 0.667 bits per heavy atom. The second-order valence-electron chi connectivity index (χ2n) is 5.14. The minimum absolute atomic E-state index is 0. The number of hydrogen-bond donors (Lipinski definition) is 0. The van der Waals surface area contributed by atoms with Crippen molar-refractivity contribution < 1.29 is 0 Å². The molecule has 106 valence electrons. The quantitative estimate of drug-likeness (QED) is 0.613. The molecule has 1 heteroatoms. The molecule has 0 saturated heterocycles. The van der Waals surface area contributed by atoms with Crippen LogP contribution in [0, 0.1) is 0 Å². The first kappa shape index (κ1) is 15.3. The molecule has 0 aliphatic heterocycles. The van der Waals surface area contributed by atoms with Gasteiger partial charge in [0, 0.05) is 0 Å². The molecule has 0 radical (unpaired) electrons. The van der Waals surface area contributed by atoms with Crippen LogP contribution in [0.15, 0.2) is 84.9 Å². The highest BCUT2D eigenvalue weighted by molar-refractivity contribution is 5.85. The zero-order valence-electron chi connectivity index (χ0n) is 11.9. The highest BCUT2D eigenvalue weighted by Crippen LogP contribution is 2.13. The predicted molar refractivity (Wildman–Crippen MR) is 92.2 cm³/mol. The largest absolute Gasteiger partial charge is 0.147 e. The Kier molecular flexibility index (Phi) is 5.59. The van der Waals surface area contributed by atoms with Crippen molar-refractivity contribution >= 4 is 12.4 Å². The minimum atomic E-state index is 0. The summed E-state index contributed by atoms with van der Waals surface area (Å²) < 4.78 is 0. The van der Waals surface area contributed by atoms with Gasteiger partial charge in [-0.2, -0.15) is 0 Å². The smallest absolute Gasteiger partial charge is 0.00258 e. The van der Waals surface area contributed by atoms with Crippen molar-refractivity contribution in [3.05, 3.63) is 107 Å². The fraction of sp³-hybridized carbons (Fsp3) is 0.100. The molecule has 0 nitrogen and oxygen atoms in total. The van der Waals surface area contributed by atoms with Crippen LogP contribution in [0.5, 0.6) is 0 Å². The lowest BCUT2D eigenvalue weighted by atomic mass is 10.0. The summed E-state index contributed by atoms with van der Waals surface area (Å²) in [6.07, 6.45) is 2.01. The van der Waals surface area contributed by atoms with Gasteiger partial charge >= 0.3 is 0 Å². The van der Waals surface area contributed by atoms with Gasteiger partial charge in [-0.1, -0.05) is 84.9 Å². The Morgan fingerprint density at radius 1 is 0.381 bits per heavy atom. The van der Waals surface area contributed by atoms with E-state index in [9.17, 15) is 0 Å². The molecule has 0 aromatic heterocycles. The first-order valence-corrected chi connectivity index (χ1v) is 7.06. The summed E-state index contributed by atoms with van der Waals surface area (Å²) in [5.41, 5.74) is 5.47. The van der Waals surface area contributed by atoms with E-state index in [2.05, 4.69) is 84.9 Å². The van der Waals surface area contributed by atoms with E-state index in [-0.39, 0.29) is 12.4 Å². The summed E-state index contributed by atoms with van der Waals surface area (Å²) in [5, 5.41) is 0. The average molecular weight is 295 g/mol. The van der Waals surface area contributed by atoms with Gasteiger partial charge < -0.3 is 0 Å². The predicted octanol–water partition coefficient (Wildman–Crippen LogP) is 5.29. The summed E-state index contributed by atoms with van der Waals surface area (Å²) in [5.74, 6) is 0. The Labute approximate surface area is 132 Å². The number of benzene rings is 3. The van der Waals surface area contributed by atoms with E-state index in [1.54, 1.807) is 0 Å². The summed E-state index contributed by atoms with van der Waals surface area (Å²) >= 11 is 0. The molecule has 0 aliphatic rings. The van der Waals surface area contributed by atoms with Crippen LogP contribution >= 0.6 is 12.4 Å². The zero-order chi connectivity index (χ0) is 13.6. The van der Waals surface area contributed by atoms with Crippen LogP contribution in [-0.4, -0.2) is 0 Å². The van der Waals surface area contributed by atoms with Crippen LogP contribution in [0.2, 0.25) is 0 Å². The Morgan fingerprint density at radius 3 is 1.00 bits per heavy atom. The number of hydrogen-bond acceptors (Lipinski definition) is 0. The first-order chi connectivity index (χ1) is 9.90. The van der Waals surface area contributed by atoms with E-state index >= 15 is 0 Å². The second kappa shape index (κ2) is 7.66. The van der Waals surface area contributed by atoms with Gasteiger partial charge in [-0.05, 0) is 35.1 Å². The molecule has 3 rings (SSSR count). The molecule has 0 N–H and O–H groups in total. The van der Waals surface area contributed by atoms with Gasteiger partial charge in [0.1, 0.15) is 0 Å². The summed E-state index contributed by atoms with van der Waals surface area (Å²) in [4.78, 5) is 0. The lowest BCUT2D eigenvalue weighted by Gasteiger charge is -2.05. The third-order valence-corrected chi connectivity index (χ3v) is 3.53. The summed E-state index contributed by atoms with van der Waals surface area (Å²) in [7, 11) is 0. The lowest BCUT2D eigenvalue weighted by Crippen LogP contribution is -1.91. The molecule has 0 heterocycles. The average Bonchev–Trinajstić information content (AvgIpc) is 2.51. The summed E-state index contributed by atoms with van der Waals surface area (Å²) in [6.45, 7) is 0. The second-order valence-corrected chi connectivity index (χ2v) is 5.14. The molecule has 3 aromatic rings. The van der Waals surface area contributed by atoms with Crippen LogP contribution < -0.4 is 0 Å². The summed E-state index contributed by atoms with van der Waals surface area (Å²) in [6, 6.07) is 30.2. The van der Waals surface area contributed by atoms with Gasteiger partial charge in [0.25, 0.3) is 0 Å². The van der Waals surface area contributed by atoms with Crippen molar-refractivity contribution in [2.45, 2.75) is 12.8 Å². The van der Waals surface area contributed by atoms with Gasteiger partial charge in [-0.15, -0.1) is 12.4 Å². The monoisotopic (exact) mass is 294 g/mol. The number of halogens is 1. The van der Waals surface area contributed by atoms with Crippen LogP contribution in [0.4, 0.5) is 0 Å². The van der Waals surface area contributed by atoms with E-state index in [0.29, 0.717) is 0 Å². The maximum Gasteiger partial charge on any atom is -0.00258 e. The van der Waals surface area contributed by atoms with Crippen LogP contribution in [-0.2, 0) is 12.8 Å². The van der Waals surface area contributed by atoms with Gasteiger partial charge in [-0.25, -0.2) is 0 Å². The molecule has 0 aliphatic carbocycles. The molecule has 0 bridgehead atoms. The third kappa shape index (κ3) is 4.47. The van der Waals surface area contributed by atoms with Crippen molar-refractivity contribution in [1.29, 1.82) is 0 Å². The zero-order valence-corrected chi connectivity index (χ0v) is 12.7. The normalized spacial score (nSPS) is 9.90. The van der Waals surface area contributed by atoms with E-state index in [1.807, 2.05) is 0 Å². The fourth-order valence-electron chi connectivity index (χ4n) is 2.44. The van der Waals surface area contributed by atoms with Crippen molar-refractivity contribution in [1.82, 2.24) is 0 Å². The lowest BCUT2D eigenvalue weighted by molar-refractivity contribution is 1.15. The van der Waals surface area contributed by atoms with Crippen molar-refractivity contribution in [3.8, 4) is 0 Å². The maximum atomic E-state index is 2.24. The maximum absolute atomic E-state index is 2.24. The fourth-order valence-corrected chi connectivity index (χ4v) is 2.44.